The van der Waals surface area contributed by atoms with Crippen LogP contribution in [-0.4, -0.2) is 43.3 Å². The van der Waals surface area contributed by atoms with Crippen LogP contribution in [0.3, 0.4) is 0 Å². The monoisotopic (exact) mass is 328 g/mol. The van der Waals surface area contributed by atoms with Gasteiger partial charge in [0.05, 0.1) is 7.11 Å². The van der Waals surface area contributed by atoms with Gasteiger partial charge in [0.15, 0.2) is 5.82 Å². The number of amides is 1. The molecule has 1 aromatic carbocycles. The zero-order chi connectivity index (χ0) is 16.1. The van der Waals surface area contributed by atoms with E-state index in [1.165, 1.54) is 13.2 Å². The van der Waals surface area contributed by atoms with Gasteiger partial charge in [0.1, 0.15) is 23.5 Å². The molecular formula is C11H9FN4O5S. The van der Waals surface area contributed by atoms with Crippen LogP contribution >= 0.6 is 0 Å². The molecule has 1 aliphatic heterocycles. The van der Waals surface area contributed by atoms with Gasteiger partial charge in [0.25, 0.3) is 5.91 Å². The molecule has 0 bridgehead atoms. The Kier molecular flexibility index (Phi) is 3.02. The van der Waals surface area contributed by atoms with Crippen molar-refractivity contribution in [1.29, 1.82) is 0 Å². The summed E-state index contributed by atoms with van der Waals surface area (Å²) in [7, 11) is -2.94. The number of phenolic OH excluding ortho intramolecular Hbond substituents is 1. The van der Waals surface area contributed by atoms with Crippen LogP contribution in [0.15, 0.2) is 12.1 Å². The van der Waals surface area contributed by atoms with Crippen molar-refractivity contribution in [1.82, 2.24) is 14.9 Å². The lowest BCUT2D eigenvalue weighted by molar-refractivity contribution is -0.117. The van der Waals surface area contributed by atoms with Gasteiger partial charge < -0.3 is 9.84 Å². The molecule has 0 atom stereocenters. The van der Waals surface area contributed by atoms with E-state index < -0.39 is 39.9 Å². The second kappa shape index (κ2) is 4.66. The maximum Gasteiger partial charge on any atom is 0.326 e. The molecule has 0 unspecified atom stereocenters. The highest BCUT2D eigenvalue weighted by molar-refractivity contribution is 7.92. The van der Waals surface area contributed by atoms with Crippen molar-refractivity contribution in [2.24, 2.45) is 0 Å². The number of fused-ring (bicyclic) bond motifs is 1. The number of benzene rings is 1. The van der Waals surface area contributed by atoms with Crippen LogP contribution in [0.1, 0.15) is 0 Å². The number of carbonyl (C=O) groups excluding carboxylic acids is 1. The number of aromatic nitrogens is 2. The first-order chi connectivity index (χ1) is 10.3. The molecule has 0 spiro atoms. The number of hydrogen-bond donors (Lipinski definition) is 2. The van der Waals surface area contributed by atoms with Crippen molar-refractivity contribution in [3.63, 3.8) is 0 Å². The molecule has 2 aromatic rings. The Morgan fingerprint density at radius 1 is 1.41 bits per heavy atom. The summed E-state index contributed by atoms with van der Waals surface area (Å²) in [5.74, 6) is -2.54. The van der Waals surface area contributed by atoms with Gasteiger partial charge in [-0.1, -0.05) is 0 Å². The predicted octanol–water partition coefficient (Wildman–Crippen LogP) is -0.336. The quantitative estimate of drug-likeness (QED) is 0.773. The SMILES string of the molecule is COc1cc2c(F)c(N3CC(=O)NS3(=O)=O)c(O)cc2nn1. The number of aromatic hydroxyl groups is 1. The topological polar surface area (TPSA) is 122 Å². The zero-order valence-corrected chi connectivity index (χ0v) is 11.9. The summed E-state index contributed by atoms with van der Waals surface area (Å²) in [6.07, 6.45) is 0. The summed E-state index contributed by atoms with van der Waals surface area (Å²) >= 11 is 0. The summed E-state index contributed by atoms with van der Waals surface area (Å²) in [6, 6.07) is 2.26. The second-order valence-electron chi connectivity index (χ2n) is 4.41. The van der Waals surface area contributed by atoms with Gasteiger partial charge >= 0.3 is 10.2 Å². The molecule has 1 aliphatic rings. The van der Waals surface area contributed by atoms with E-state index in [0.29, 0.717) is 4.31 Å². The van der Waals surface area contributed by atoms with Crippen LogP contribution in [-0.2, 0) is 15.0 Å². The molecule has 1 aromatic heterocycles. The van der Waals surface area contributed by atoms with Crippen molar-refractivity contribution in [2.45, 2.75) is 0 Å². The van der Waals surface area contributed by atoms with E-state index in [2.05, 4.69) is 10.2 Å². The van der Waals surface area contributed by atoms with Gasteiger partial charge in [-0.05, 0) is 0 Å². The molecule has 11 heteroatoms. The van der Waals surface area contributed by atoms with E-state index in [1.54, 1.807) is 4.72 Å². The zero-order valence-electron chi connectivity index (χ0n) is 11.1. The van der Waals surface area contributed by atoms with Gasteiger partial charge in [-0.15, -0.1) is 10.2 Å². The number of carbonyl (C=O) groups is 1. The van der Waals surface area contributed by atoms with Crippen LogP contribution < -0.4 is 13.8 Å². The van der Waals surface area contributed by atoms with Crippen molar-refractivity contribution in [3.8, 4) is 11.6 Å². The molecule has 1 saturated heterocycles. The van der Waals surface area contributed by atoms with E-state index in [-0.39, 0.29) is 16.8 Å². The molecule has 2 N–H and O–H groups in total. The fourth-order valence-electron chi connectivity index (χ4n) is 2.09. The smallest absolute Gasteiger partial charge is 0.326 e. The number of hydrogen-bond acceptors (Lipinski definition) is 7. The summed E-state index contributed by atoms with van der Waals surface area (Å²) in [6.45, 7) is -0.631. The summed E-state index contributed by atoms with van der Waals surface area (Å²) in [5.41, 5.74) is -0.628. The molecule has 22 heavy (non-hydrogen) atoms. The average Bonchev–Trinajstić information content (AvgIpc) is 2.71. The number of anilines is 1. The van der Waals surface area contributed by atoms with Gasteiger partial charge in [-0.25, -0.2) is 13.4 Å². The molecule has 1 amide bonds. The van der Waals surface area contributed by atoms with E-state index in [0.717, 1.165) is 6.07 Å². The first-order valence-corrected chi connectivity index (χ1v) is 7.33. The Bertz CT molecular complexity index is 901. The fraction of sp³-hybridized carbons (Fsp3) is 0.182. The fourth-order valence-corrected chi connectivity index (χ4v) is 3.25. The molecular weight excluding hydrogens is 319 g/mol. The maximum atomic E-state index is 14.6. The number of halogens is 1. The highest BCUT2D eigenvalue weighted by Crippen LogP contribution is 2.38. The predicted molar refractivity (Wildman–Crippen MR) is 72.1 cm³/mol. The van der Waals surface area contributed by atoms with E-state index in [9.17, 15) is 22.7 Å². The van der Waals surface area contributed by atoms with E-state index in [1.807, 2.05) is 0 Å². The standard InChI is InChI=1S/C11H9FN4O5S/c1-21-9-2-5-6(13-14-9)3-7(17)11(10(5)12)16-4-8(18)15-22(16,19)20/h2-3,17H,4H2,1H3,(H,15,18). The minimum Gasteiger partial charge on any atom is -0.506 e. The van der Waals surface area contributed by atoms with Crippen LogP contribution in [0.2, 0.25) is 0 Å². The Morgan fingerprint density at radius 3 is 2.73 bits per heavy atom. The average molecular weight is 328 g/mol. The van der Waals surface area contributed by atoms with Gasteiger partial charge in [0.2, 0.25) is 5.88 Å². The molecule has 1 fully saturated rings. The largest absolute Gasteiger partial charge is 0.506 e. The highest BCUT2D eigenvalue weighted by Gasteiger charge is 2.38. The van der Waals surface area contributed by atoms with Crippen molar-refractivity contribution >= 4 is 32.7 Å². The highest BCUT2D eigenvalue weighted by atomic mass is 32.2. The van der Waals surface area contributed by atoms with Crippen molar-refractivity contribution in [3.05, 3.63) is 17.9 Å². The van der Waals surface area contributed by atoms with Crippen LogP contribution in [0.5, 0.6) is 11.6 Å². The Morgan fingerprint density at radius 2 is 2.14 bits per heavy atom. The number of nitrogens with one attached hydrogen (secondary N) is 1. The Labute approximate surface area is 123 Å². The van der Waals surface area contributed by atoms with E-state index in [4.69, 9.17) is 4.74 Å². The third kappa shape index (κ3) is 2.06. The first kappa shape index (κ1) is 14.3. The summed E-state index contributed by atoms with van der Waals surface area (Å²) in [4.78, 5) is 11.3. The molecule has 9 nitrogen and oxygen atoms in total. The number of rotatable bonds is 2. The second-order valence-corrected chi connectivity index (χ2v) is 6.01. The molecule has 116 valence electrons. The minimum absolute atomic E-state index is 0.00966. The van der Waals surface area contributed by atoms with Crippen LogP contribution in [0.4, 0.5) is 10.1 Å². The lowest BCUT2D eigenvalue weighted by Crippen LogP contribution is -2.30. The lowest BCUT2D eigenvalue weighted by atomic mass is 10.1. The molecule has 2 heterocycles. The molecule has 3 rings (SSSR count). The lowest BCUT2D eigenvalue weighted by Gasteiger charge is -2.17. The first-order valence-electron chi connectivity index (χ1n) is 5.89. The maximum absolute atomic E-state index is 14.6. The third-order valence-electron chi connectivity index (χ3n) is 3.04. The minimum atomic E-state index is -4.25. The Hall–Kier alpha value is -2.69. The molecule has 0 aliphatic carbocycles. The van der Waals surface area contributed by atoms with Gasteiger partial charge in [-0.2, -0.15) is 8.42 Å². The van der Waals surface area contributed by atoms with Crippen LogP contribution in [0, 0.1) is 5.82 Å². The number of methoxy groups -OCH3 is 1. The summed E-state index contributed by atoms with van der Waals surface area (Å²) < 4.78 is 45.2. The molecule has 0 saturated carbocycles. The van der Waals surface area contributed by atoms with Crippen molar-refractivity contribution < 1.29 is 27.4 Å². The number of phenols is 1. The summed E-state index contributed by atoms with van der Waals surface area (Å²) in [5, 5.41) is 17.1. The van der Waals surface area contributed by atoms with Gasteiger partial charge in [-0.3, -0.25) is 4.79 Å². The number of nitrogens with zero attached hydrogens (tertiary/aromatic N) is 3. The van der Waals surface area contributed by atoms with Crippen molar-refractivity contribution in [2.75, 3.05) is 18.0 Å². The van der Waals surface area contributed by atoms with Gasteiger partial charge in [0, 0.05) is 17.5 Å². The normalized spacial score (nSPS) is 16.8. The third-order valence-corrected chi connectivity index (χ3v) is 4.42. The number of ether oxygens (including phenoxy) is 1. The molecule has 0 radical (unpaired) electrons. The Balaban J connectivity index is 2.28. The van der Waals surface area contributed by atoms with E-state index >= 15 is 0 Å². The van der Waals surface area contributed by atoms with Crippen LogP contribution in [0.25, 0.3) is 10.9 Å².